The lowest BCUT2D eigenvalue weighted by Crippen LogP contribution is -2.54. The molecule has 0 unspecified atom stereocenters. The molecule has 1 N–H and O–H groups in total. The molecule has 4 amide bonds. The Morgan fingerprint density at radius 3 is 2.25 bits per heavy atom. The average Bonchev–Trinajstić information content (AvgIpc) is 2.75. The Kier molecular flexibility index (Phi) is 5.83. The van der Waals surface area contributed by atoms with Gasteiger partial charge in [0.15, 0.2) is 0 Å². The largest absolute Gasteiger partial charge is 0.336 e. The number of anilines is 1. The van der Waals surface area contributed by atoms with Crippen LogP contribution in [0.4, 0.5) is 19.3 Å². The number of nitrogens with zero attached hydrogens (tertiary/aromatic N) is 1. The standard InChI is InChI=1S/C24H15ClF2N2O3/c25-18-12-14(9-10-15(18)13-16-5-1-2-6-19(16)26)11-17-22(30)28-24(32)29(23(17)31)21-8-4-3-7-20(21)27/h1-12H,13H2,(H,28,30,32)/b17-11-. The first-order chi connectivity index (χ1) is 15.3. The molecule has 1 aliphatic rings. The number of imide groups is 2. The summed E-state index contributed by atoms with van der Waals surface area (Å²) in [6.07, 6.45) is 1.52. The molecule has 0 aliphatic carbocycles. The fourth-order valence-electron chi connectivity index (χ4n) is 3.32. The van der Waals surface area contributed by atoms with Crippen LogP contribution in [0.15, 0.2) is 72.3 Å². The molecule has 0 bridgehead atoms. The smallest absolute Gasteiger partial charge is 0.273 e. The maximum atomic E-state index is 14.2. The number of amides is 4. The number of barbiturate groups is 1. The Balaban J connectivity index is 1.65. The number of urea groups is 1. The fourth-order valence-corrected chi connectivity index (χ4v) is 3.58. The summed E-state index contributed by atoms with van der Waals surface area (Å²) in [4.78, 5) is 37.9. The van der Waals surface area contributed by atoms with Crippen molar-refractivity contribution < 1.29 is 23.2 Å². The molecule has 5 nitrogen and oxygen atoms in total. The third-order valence-corrected chi connectivity index (χ3v) is 5.27. The number of hydrogen-bond acceptors (Lipinski definition) is 3. The van der Waals surface area contributed by atoms with Crippen molar-refractivity contribution >= 4 is 41.2 Å². The van der Waals surface area contributed by atoms with E-state index in [0.717, 1.165) is 6.07 Å². The van der Waals surface area contributed by atoms with E-state index in [0.29, 0.717) is 26.6 Å². The number of rotatable bonds is 4. The van der Waals surface area contributed by atoms with Gasteiger partial charge in [0.1, 0.15) is 17.2 Å². The molecular weight excluding hydrogens is 438 g/mol. The molecular formula is C24H15ClF2N2O3. The zero-order valence-corrected chi connectivity index (χ0v) is 17.2. The van der Waals surface area contributed by atoms with Gasteiger partial charge in [-0.25, -0.2) is 18.5 Å². The van der Waals surface area contributed by atoms with E-state index in [4.69, 9.17) is 11.6 Å². The van der Waals surface area contributed by atoms with Crippen LogP contribution in [0.3, 0.4) is 0 Å². The molecule has 0 atom stereocenters. The van der Waals surface area contributed by atoms with Crippen molar-refractivity contribution in [2.24, 2.45) is 0 Å². The summed E-state index contributed by atoms with van der Waals surface area (Å²) in [6.45, 7) is 0. The van der Waals surface area contributed by atoms with Crippen LogP contribution in [0, 0.1) is 11.6 Å². The summed E-state index contributed by atoms with van der Waals surface area (Å²) in [5.41, 5.74) is 0.911. The topological polar surface area (TPSA) is 66.5 Å². The third-order valence-electron chi connectivity index (χ3n) is 4.92. The van der Waals surface area contributed by atoms with Gasteiger partial charge in [0.05, 0.1) is 5.69 Å². The zero-order chi connectivity index (χ0) is 22.8. The second kappa shape index (κ2) is 8.72. The van der Waals surface area contributed by atoms with Gasteiger partial charge in [-0.05, 0) is 47.0 Å². The van der Waals surface area contributed by atoms with Gasteiger partial charge < -0.3 is 0 Å². The molecule has 1 fully saturated rings. The molecule has 1 heterocycles. The first-order valence-corrected chi connectivity index (χ1v) is 9.91. The predicted molar refractivity (Wildman–Crippen MR) is 116 cm³/mol. The van der Waals surface area contributed by atoms with Gasteiger partial charge in [0.2, 0.25) is 0 Å². The van der Waals surface area contributed by atoms with E-state index in [1.165, 1.54) is 36.4 Å². The van der Waals surface area contributed by atoms with Crippen molar-refractivity contribution in [2.75, 3.05) is 4.90 Å². The van der Waals surface area contributed by atoms with E-state index in [2.05, 4.69) is 0 Å². The lowest BCUT2D eigenvalue weighted by Gasteiger charge is -2.26. The summed E-state index contributed by atoms with van der Waals surface area (Å²) in [7, 11) is 0. The number of hydrogen-bond donors (Lipinski definition) is 1. The van der Waals surface area contributed by atoms with E-state index in [9.17, 15) is 23.2 Å². The van der Waals surface area contributed by atoms with E-state index in [1.54, 1.807) is 30.3 Å². The highest BCUT2D eigenvalue weighted by atomic mass is 35.5. The Hall–Kier alpha value is -3.84. The molecule has 0 spiro atoms. The van der Waals surface area contributed by atoms with Crippen LogP contribution in [0.25, 0.3) is 6.08 Å². The van der Waals surface area contributed by atoms with Gasteiger partial charge in [-0.3, -0.25) is 14.9 Å². The highest BCUT2D eigenvalue weighted by Gasteiger charge is 2.37. The van der Waals surface area contributed by atoms with E-state index >= 15 is 0 Å². The second-order valence-corrected chi connectivity index (χ2v) is 7.44. The van der Waals surface area contributed by atoms with Crippen LogP contribution >= 0.6 is 11.6 Å². The van der Waals surface area contributed by atoms with Crippen molar-refractivity contribution in [3.05, 3.63) is 106 Å². The molecule has 1 aliphatic heterocycles. The Morgan fingerprint density at radius 1 is 0.875 bits per heavy atom. The first-order valence-electron chi connectivity index (χ1n) is 9.53. The monoisotopic (exact) mass is 452 g/mol. The molecule has 3 aromatic rings. The van der Waals surface area contributed by atoms with Crippen molar-refractivity contribution in [2.45, 2.75) is 6.42 Å². The molecule has 8 heteroatoms. The summed E-state index contributed by atoms with van der Waals surface area (Å²) in [5.74, 6) is -3.00. The minimum atomic E-state index is -1.04. The lowest BCUT2D eigenvalue weighted by atomic mass is 10.0. The van der Waals surface area contributed by atoms with E-state index in [1.807, 2.05) is 5.32 Å². The van der Waals surface area contributed by atoms with Crippen LogP contribution in [0.1, 0.15) is 16.7 Å². The van der Waals surface area contributed by atoms with Gasteiger partial charge in [-0.2, -0.15) is 0 Å². The average molecular weight is 453 g/mol. The molecule has 0 radical (unpaired) electrons. The Bertz CT molecular complexity index is 1290. The normalized spacial score (nSPS) is 15.3. The molecule has 3 aromatic carbocycles. The minimum absolute atomic E-state index is 0.261. The van der Waals surface area contributed by atoms with Crippen molar-refractivity contribution in [3.8, 4) is 0 Å². The van der Waals surface area contributed by atoms with E-state index < -0.39 is 23.7 Å². The molecule has 0 saturated carbocycles. The molecule has 0 aromatic heterocycles. The third kappa shape index (κ3) is 4.15. The van der Waals surface area contributed by atoms with Crippen LogP contribution in [-0.2, 0) is 16.0 Å². The van der Waals surface area contributed by atoms with Crippen molar-refractivity contribution in [1.29, 1.82) is 0 Å². The van der Waals surface area contributed by atoms with Gasteiger partial charge in [0, 0.05) is 11.4 Å². The number of nitrogens with one attached hydrogen (secondary N) is 1. The van der Waals surface area contributed by atoms with Crippen LogP contribution in [0.2, 0.25) is 5.02 Å². The Morgan fingerprint density at radius 2 is 1.56 bits per heavy atom. The van der Waals surface area contributed by atoms with Gasteiger partial charge in [0.25, 0.3) is 11.8 Å². The Labute approximate surface area is 186 Å². The summed E-state index contributed by atoms with van der Waals surface area (Å²) in [5, 5.41) is 2.35. The number of carbonyl (C=O) groups excluding carboxylic acids is 3. The van der Waals surface area contributed by atoms with Crippen LogP contribution in [0.5, 0.6) is 0 Å². The molecule has 4 rings (SSSR count). The van der Waals surface area contributed by atoms with Crippen molar-refractivity contribution in [1.82, 2.24) is 5.32 Å². The molecule has 1 saturated heterocycles. The minimum Gasteiger partial charge on any atom is -0.273 e. The summed E-state index contributed by atoms with van der Waals surface area (Å²) in [6, 6.07) is 15.3. The summed E-state index contributed by atoms with van der Waals surface area (Å²) < 4.78 is 28.1. The van der Waals surface area contributed by atoms with Crippen LogP contribution in [-0.4, -0.2) is 17.8 Å². The van der Waals surface area contributed by atoms with Gasteiger partial charge >= 0.3 is 6.03 Å². The quantitative estimate of drug-likeness (QED) is 0.453. The van der Waals surface area contributed by atoms with E-state index in [-0.39, 0.29) is 23.5 Å². The maximum absolute atomic E-state index is 14.2. The van der Waals surface area contributed by atoms with Gasteiger partial charge in [-0.1, -0.05) is 54.1 Å². The number of benzene rings is 3. The summed E-state index contributed by atoms with van der Waals surface area (Å²) >= 11 is 6.34. The highest BCUT2D eigenvalue weighted by molar-refractivity contribution is 6.39. The van der Waals surface area contributed by atoms with Crippen LogP contribution < -0.4 is 10.2 Å². The number of para-hydroxylation sites is 1. The number of halogens is 3. The van der Waals surface area contributed by atoms with Crippen molar-refractivity contribution in [3.63, 3.8) is 0 Å². The molecule has 32 heavy (non-hydrogen) atoms. The zero-order valence-electron chi connectivity index (χ0n) is 16.4. The molecule has 160 valence electrons. The number of carbonyl (C=O) groups is 3. The highest BCUT2D eigenvalue weighted by Crippen LogP contribution is 2.26. The lowest BCUT2D eigenvalue weighted by molar-refractivity contribution is -0.122. The predicted octanol–water partition coefficient (Wildman–Crippen LogP) is 4.88. The maximum Gasteiger partial charge on any atom is 0.336 e. The second-order valence-electron chi connectivity index (χ2n) is 7.03. The van der Waals surface area contributed by atoms with Gasteiger partial charge in [-0.15, -0.1) is 0 Å². The fraction of sp³-hybridized carbons (Fsp3) is 0.0417. The first kappa shape index (κ1) is 21.4. The SMILES string of the molecule is O=C1NC(=O)N(c2ccccc2F)C(=O)/C1=C\c1ccc(Cc2ccccc2F)c(Cl)c1.